The van der Waals surface area contributed by atoms with E-state index in [1.807, 2.05) is 0 Å². The molecule has 2 amide bonds. The van der Waals surface area contributed by atoms with Crippen LogP contribution in [0.5, 0.6) is 0 Å². The van der Waals surface area contributed by atoms with Crippen molar-refractivity contribution in [1.29, 1.82) is 0 Å². The molecule has 10 heteroatoms. The van der Waals surface area contributed by atoms with Crippen LogP contribution in [0, 0.1) is 0 Å². The van der Waals surface area contributed by atoms with E-state index in [1.54, 1.807) is 36.4 Å². The molecule has 0 aliphatic rings. The van der Waals surface area contributed by atoms with Crippen LogP contribution in [-0.2, 0) is 9.59 Å². The number of aromatic carboxylic acids is 2. The van der Waals surface area contributed by atoms with E-state index in [1.165, 1.54) is 61.1 Å². The van der Waals surface area contributed by atoms with Crippen molar-refractivity contribution in [1.82, 2.24) is 0 Å². The minimum absolute atomic E-state index is 0.0565. The smallest absolute Gasteiger partial charge is 0.337 e. The molecular weight excluding hydrogens is 492 g/mol. The Labute approximate surface area is 215 Å². The van der Waals surface area contributed by atoms with Gasteiger partial charge in [-0.05, 0) is 71.8 Å². The number of carboxylic acids is 2. The summed E-state index contributed by atoms with van der Waals surface area (Å²) in [6.45, 7) is 0. The average Bonchev–Trinajstić information content (AvgIpc) is 3.61. The first-order valence-corrected chi connectivity index (χ1v) is 11.1. The summed E-state index contributed by atoms with van der Waals surface area (Å²) in [7, 11) is 0. The van der Waals surface area contributed by atoms with Crippen molar-refractivity contribution in [2.45, 2.75) is 0 Å². The Hall–Kier alpha value is -5.64. The Bertz CT molecular complexity index is 1430. The molecule has 2 heterocycles. The van der Waals surface area contributed by atoms with Crippen molar-refractivity contribution in [3.05, 3.63) is 108 Å². The van der Waals surface area contributed by atoms with Crippen LogP contribution in [0.25, 0.3) is 23.3 Å². The lowest BCUT2D eigenvalue weighted by Crippen LogP contribution is -2.13. The normalized spacial score (nSPS) is 11.1. The third kappa shape index (κ3) is 6.32. The molecule has 38 heavy (non-hydrogen) atoms. The Morgan fingerprint density at radius 2 is 1.05 bits per heavy atom. The molecule has 0 aliphatic carbocycles. The van der Waals surface area contributed by atoms with Crippen LogP contribution in [0.3, 0.4) is 0 Å². The van der Waals surface area contributed by atoms with Gasteiger partial charge in [-0.15, -0.1) is 0 Å². The highest BCUT2D eigenvalue weighted by Gasteiger charge is 2.17. The molecule has 190 valence electrons. The molecular formula is C28H20N2O8. The van der Waals surface area contributed by atoms with Crippen LogP contribution in [0.1, 0.15) is 32.2 Å². The lowest BCUT2D eigenvalue weighted by molar-refractivity contribution is -0.112. The maximum absolute atomic E-state index is 12.3. The zero-order valence-electron chi connectivity index (χ0n) is 19.6. The number of benzene rings is 2. The first-order valence-electron chi connectivity index (χ1n) is 11.1. The molecule has 0 saturated heterocycles. The quantitative estimate of drug-likeness (QED) is 0.222. The fourth-order valence-electron chi connectivity index (χ4n) is 3.46. The minimum atomic E-state index is -1.29. The number of hydrogen-bond acceptors (Lipinski definition) is 6. The predicted molar refractivity (Wildman–Crippen MR) is 139 cm³/mol. The van der Waals surface area contributed by atoms with E-state index in [-0.39, 0.29) is 22.5 Å². The van der Waals surface area contributed by atoms with Crippen LogP contribution < -0.4 is 10.6 Å². The van der Waals surface area contributed by atoms with Crippen molar-refractivity contribution in [2.24, 2.45) is 0 Å². The van der Waals surface area contributed by atoms with E-state index in [4.69, 9.17) is 8.83 Å². The van der Waals surface area contributed by atoms with Gasteiger partial charge in [-0.1, -0.05) is 12.1 Å². The first-order chi connectivity index (χ1) is 18.3. The van der Waals surface area contributed by atoms with Gasteiger partial charge in [0.2, 0.25) is 11.8 Å². The second kappa shape index (κ2) is 11.4. The lowest BCUT2D eigenvalue weighted by atomic mass is 9.99. The average molecular weight is 512 g/mol. The number of carboxylic acid groups (broad SMARTS) is 2. The molecule has 0 aliphatic heterocycles. The van der Waals surface area contributed by atoms with E-state index in [0.29, 0.717) is 22.6 Å². The van der Waals surface area contributed by atoms with Gasteiger partial charge in [0.15, 0.2) is 0 Å². The Kier molecular flexibility index (Phi) is 7.63. The number of carbonyl (C=O) groups is 4. The summed E-state index contributed by atoms with van der Waals surface area (Å²) in [6, 6.07) is 15.2. The van der Waals surface area contributed by atoms with Crippen molar-refractivity contribution >= 4 is 47.3 Å². The molecule has 0 saturated carbocycles. The largest absolute Gasteiger partial charge is 0.478 e. The monoisotopic (exact) mass is 512 g/mol. The van der Waals surface area contributed by atoms with Gasteiger partial charge in [0.05, 0.1) is 35.0 Å². The fourth-order valence-corrected chi connectivity index (χ4v) is 3.46. The van der Waals surface area contributed by atoms with Gasteiger partial charge in [-0.2, -0.15) is 0 Å². The number of carbonyl (C=O) groups excluding carboxylic acids is 2. The summed E-state index contributed by atoms with van der Waals surface area (Å²) in [6.07, 6.45) is 8.18. The van der Waals surface area contributed by atoms with Gasteiger partial charge < -0.3 is 29.7 Å². The summed E-state index contributed by atoms with van der Waals surface area (Å²) in [5, 5.41) is 24.4. The number of nitrogens with one attached hydrogen (secondary N) is 2. The molecule has 10 nitrogen and oxygen atoms in total. The van der Waals surface area contributed by atoms with E-state index in [9.17, 15) is 29.4 Å². The Balaban J connectivity index is 1.56. The highest BCUT2D eigenvalue weighted by molar-refractivity contribution is 6.08. The number of hydrogen-bond donors (Lipinski definition) is 4. The van der Waals surface area contributed by atoms with Gasteiger partial charge in [-0.3, -0.25) is 9.59 Å². The molecule has 0 bridgehead atoms. The van der Waals surface area contributed by atoms with E-state index in [2.05, 4.69) is 10.6 Å². The number of anilines is 2. The molecule has 4 aromatic rings. The summed E-state index contributed by atoms with van der Waals surface area (Å²) in [5.74, 6) is -2.80. The summed E-state index contributed by atoms with van der Waals surface area (Å²) in [4.78, 5) is 48.3. The Morgan fingerprint density at radius 1 is 0.632 bits per heavy atom. The Morgan fingerprint density at radius 3 is 1.39 bits per heavy atom. The molecule has 0 radical (unpaired) electrons. The van der Waals surface area contributed by atoms with Crippen LogP contribution in [0.15, 0.2) is 94.2 Å². The molecule has 2 aromatic heterocycles. The molecule has 4 N–H and O–H groups in total. The maximum Gasteiger partial charge on any atom is 0.337 e. The zero-order chi connectivity index (χ0) is 27.1. The molecule has 0 atom stereocenters. The van der Waals surface area contributed by atoms with Crippen LogP contribution >= 0.6 is 0 Å². The van der Waals surface area contributed by atoms with Crippen molar-refractivity contribution in [3.63, 3.8) is 0 Å². The third-order valence-corrected chi connectivity index (χ3v) is 5.23. The maximum atomic E-state index is 12.3. The van der Waals surface area contributed by atoms with Gasteiger partial charge in [0, 0.05) is 12.2 Å². The lowest BCUT2D eigenvalue weighted by Gasteiger charge is -2.12. The molecule has 0 spiro atoms. The van der Waals surface area contributed by atoms with Crippen LogP contribution in [-0.4, -0.2) is 34.0 Å². The van der Waals surface area contributed by atoms with Crippen molar-refractivity contribution in [3.8, 4) is 11.1 Å². The standard InChI is InChI=1S/C28H20N2O8/c31-25(11-7-19-3-1-13-37-19)29-23-9-5-17(15-21(23)27(33)34)18-6-10-24(22(16-18)28(35)36)30-26(32)12-8-20-4-2-14-38-20/h1-16H,(H,29,31)(H,30,32)(H,33,34)(H,35,36)/b11-7+,12-8+. The summed E-state index contributed by atoms with van der Waals surface area (Å²) in [5.41, 5.74) is 0.510. The van der Waals surface area contributed by atoms with Gasteiger partial charge in [0.25, 0.3) is 0 Å². The predicted octanol–water partition coefficient (Wildman–Crippen LogP) is 5.24. The van der Waals surface area contributed by atoms with Crippen molar-refractivity contribution in [2.75, 3.05) is 10.6 Å². The number of furan rings is 2. The first kappa shape index (κ1) is 25.5. The second-order valence-electron chi connectivity index (χ2n) is 7.81. The van der Waals surface area contributed by atoms with Crippen molar-refractivity contribution < 1.29 is 38.2 Å². The highest BCUT2D eigenvalue weighted by Crippen LogP contribution is 2.29. The number of amides is 2. The van der Waals surface area contributed by atoms with Crippen LogP contribution in [0.2, 0.25) is 0 Å². The molecule has 0 fully saturated rings. The zero-order valence-corrected chi connectivity index (χ0v) is 19.6. The van der Waals surface area contributed by atoms with E-state index >= 15 is 0 Å². The summed E-state index contributed by atoms with van der Waals surface area (Å²) >= 11 is 0. The SMILES string of the molecule is O=C(/C=C/c1ccco1)Nc1ccc(-c2ccc(NC(=O)/C=C/c3ccco3)c(C(=O)O)c2)cc1C(=O)O. The van der Waals surface area contributed by atoms with E-state index < -0.39 is 23.8 Å². The number of rotatable bonds is 9. The minimum Gasteiger partial charge on any atom is -0.478 e. The fraction of sp³-hybridized carbons (Fsp3) is 0. The molecule has 0 unspecified atom stereocenters. The highest BCUT2D eigenvalue weighted by atomic mass is 16.4. The van der Waals surface area contributed by atoms with E-state index in [0.717, 1.165) is 0 Å². The molecule has 4 rings (SSSR count). The van der Waals surface area contributed by atoms with Gasteiger partial charge in [-0.25, -0.2) is 9.59 Å². The third-order valence-electron chi connectivity index (χ3n) is 5.23. The van der Waals surface area contributed by atoms with Gasteiger partial charge >= 0.3 is 11.9 Å². The summed E-state index contributed by atoms with van der Waals surface area (Å²) < 4.78 is 10.2. The van der Waals surface area contributed by atoms with Gasteiger partial charge in [0.1, 0.15) is 11.5 Å². The molecule has 2 aromatic carbocycles. The topological polar surface area (TPSA) is 159 Å². The van der Waals surface area contributed by atoms with Crippen LogP contribution in [0.4, 0.5) is 11.4 Å². The second-order valence-corrected chi connectivity index (χ2v) is 7.81.